The number of amides is 1. The van der Waals surface area contributed by atoms with Gasteiger partial charge in [-0.15, -0.1) is 0 Å². The minimum absolute atomic E-state index is 0.0397. The quantitative estimate of drug-likeness (QED) is 0.303. The highest BCUT2D eigenvalue weighted by atomic mass is 16.5. The number of hydrogen-bond acceptors (Lipinski definition) is 7. The fourth-order valence-corrected chi connectivity index (χ4v) is 3.31. The fraction of sp³-hybridized carbons (Fsp3) is 0.0800. The van der Waals surface area contributed by atoms with Crippen LogP contribution in [0.4, 0.5) is 5.69 Å². The Morgan fingerprint density at radius 2 is 1.76 bits per heavy atom. The number of nitrogens with one attached hydrogen (secondary N) is 3. The lowest BCUT2D eigenvalue weighted by atomic mass is 10.1. The molecule has 0 radical (unpaired) electrons. The summed E-state index contributed by atoms with van der Waals surface area (Å²) in [6, 6.07) is 18.9. The molecule has 0 fully saturated rings. The molecular weight excluding hydrogens is 432 g/mol. The summed E-state index contributed by atoms with van der Waals surface area (Å²) in [5.41, 5.74) is 2.87. The predicted octanol–water partition coefficient (Wildman–Crippen LogP) is 3.57. The van der Waals surface area contributed by atoms with Gasteiger partial charge in [0.2, 0.25) is 0 Å². The summed E-state index contributed by atoms with van der Waals surface area (Å²) in [7, 11) is 3.05. The van der Waals surface area contributed by atoms with Crippen LogP contribution in [0.1, 0.15) is 15.9 Å². The second-order valence-electron chi connectivity index (χ2n) is 7.21. The third-order valence-electron chi connectivity index (χ3n) is 5.04. The molecule has 0 atom stereocenters. The van der Waals surface area contributed by atoms with Crippen LogP contribution in [0.15, 0.2) is 79.1 Å². The molecule has 170 valence electrons. The number of carbonyl (C=O) groups excluding carboxylic acids is 1. The molecule has 1 amide bonds. The van der Waals surface area contributed by atoms with Gasteiger partial charge >= 0.3 is 0 Å². The molecule has 4 aromatic rings. The Balaban J connectivity index is 1.60. The first-order valence-electron chi connectivity index (χ1n) is 10.3. The minimum atomic E-state index is -0.305. The molecule has 34 heavy (non-hydrogen) atoms. The summed E-state index contributed by atoms with van der Waals surface area (Å²) in [4.78, 5) is 16.8. The van der Waals surface area contributed by atoms with E-state index in [-0.39, 0.29) is 17.2 Å². The third-order valence-corrected chi connectivity index (χ3v) is 5.04. The van der Waals surface area contributed by atoms with E-state index < -0.39 is 0 Å². The lowest BCUT2D eigenvalue weighted by Gasteiger charge is -2.12. The van der Waals surface area contributed by atoms with E-state index in [2.05, 4.69) is 15.4 Å². The number of anilines is 1. The number of methoxy groups -OCH3 is 2. The zero-order valence-corrected chi connectivity index (χ0v) is 18.6. The maximum atomic E-state index is 12.8. The van der Waals surface area contributed by atoms with E-state index in [1.165, 1.54) is 18.9 Å². The van der Waals surface area contributed by atoms with E-state index in [4.69, 9.17) is 20.3 Å². The molecule has 0 saturated carbocycles. The van der Waals surface area contributed by atoms with Crippen LogP contribution in [0.2, 0.25) is 0 Å². The van der Waals surface area contributed by atoms with Crippen LogP contribution in [0.3, 0.4) is 0 Å². The van der Waals surface area contributed by atoms with Gasteiger partial charge < -0.3 is 14.8 Å². The predicted molar refractivity (Wildman–Crippen MR) is 127 cm³/mol. The van der Waals surface area contributed by atoms with Crippen LogP contribution in [0.5, 0.6) is 11.5 Å². The van der Waals surface area contributed by atoms with Crippen molar-refractivity contribution in [2.24, 2.45) is 0 Å². The smallest absolute Gasteiger partial charge is 0.255 e. The van der Waals surface area contributed by atoms with E-state index >= 15 is 0 Å². The summed E-state index contributed by atoms with van der Waals surface area (Å²) in [6.45, 7) is 0. The van der Waals surface area contributed by atoms with Crippen molar-refractivity contribution < 1.29 is 14.3 Å². The molecule has 0 aliphatic heterocycles. The van der Waals surface area contributed by atoms with Gasteiger partial charge in [0.1, 0.15) is 5.49 Å². The highest BCUT2D eigenvalue weighted by Crippen LogP contribution is 2.28. The summed E-state index contributed by atoms with van der Waals surface area (Å²) in [5.74, 6) is 0.734. The molecule has 3 N–H and O–H groups in total. The van der Waals surface area contributed by atoms with Gasteiger partial charge in [-0.1, -0.05) is 12.1 Å². The molecule has 0 aliphatic rings. The monoisotopic (exact) mass is 454 g/mol. The van der Waals surface area contributed by atoms with Gasteiger partial charge in [-0.05, 0) is 54.6 Å². The standard InChI is InChI=1S/C25H22N6O3/c1-33-21-10-8-17(14-22(21)34-2)25(32)29-19-7-3-5-16(13-19)20-9-11-23(26)31(30-20)24(27)18-6-4-12-28-15-18/h3-15,26-27H,1-2H3,(H,29,32). The lowest BCUT2D eigenvalue weighted by Crippen LogP contribution is -2.29. The van der Waals surface area contributed by atoms with E-state index in [1.54, 1.807) is 73.1 Å². The molecule has 2 aromatic heterocycles. The normalized spacial score (nSPS) is 10.4. The average molecular weight is 454 g/mol. The number of hydrogen-bond donors (Lipinski definition) is 3. The SMILES string of the molecule is COc1ccc(C(=O)Nc2cccc(-c3ccc(=N)n(C(=N)c4cccnc4)n3)c2)cc1OC. The molecule has 9 heteroatoms. The largest absolute Gasteiger partial charge is 0.493 e. The van der Waals surface area contributed by atoms with Crippen molar-refractivity contribution in [2.45, 2.75) is 0 Å². The van der Waals surface area contributed by atoms with Crippen molar-refractivity contribution in [1.82, 2.24) is 14.8 Å². The van der Waals surface area contributed by atoms with Crippen molar-refractivity contribution in [1.29, 1.82) is 10.8 Å². The summed E-state index contributed by atoms with van der Waals surface area (Å²) >= 11 is 0. The molecule has 0 spiro atoms. The van der Waals surface area contributed by atoms with Crippen LogP contribution in [0.25, 0.3) is 11.3 Å². The minimum Gasteiger partial charge on any atom is -0.493 e. The number of aromatic nitrogens is 3. The number of rotatable bonds is 6. The first kappa shape index (κ1) is 22.4. The molecule has 0 bridgehead atoms. The molecule has 4 rings (SSSR count). The molecular formula is C25H22N6O3. The maximum Gasteiger partial charge on any atom is 0.255 e. The number of nitrogens with zero attached hydrogens (tertiary/aromatic N) is 3. The Labute approximate surface area is 195 Å². The molecule has 2 heterocycles. The van der Waals surface area contributed by atoms with Crippen LogP contribution in [-0.2, 0) is 0 Å². The van der Waals surface area contributed by atoms with Crippen molar-refractivity contribution in [3.05, 3.63) is 95.7 Å². The van der Waals surface area contributed by atoms with Gasteiger partial charge in [0, 0.05) is 34.8 Å². The summed E-state index contributed by atoms with van der Waals surface area (Å²) in [6.07, 6.45) is 3.17. The van der Waals surface area contributed by atoms with Gasteiger partial charge in [-0.3, -0.25) is 20.6 Å². The van der Waals surface area contributed by atoms with Crippen LogP contribution in [0, 0.1) is 10.8 Å². The third kappa shape index (κ3) is 4.68. The fourth-order valence-electron chi connectivity index (χ4n) is 3.31. The van der Waals surface area contributed by atoms with E-state index in [9.17, 15) is 4.79 Å². The molecule has 2 aromatic carbocycles. The van der Waals surface area contributed by atoms with Crippen LogP contribution < -0.4 is 20.3 Å². The van der Waals surface area contributed by atoms with Crippen LogP contribution in [-0.4, -0.2) is 40.7 Å². The second-order valence-corrected chi connectivity index (χ2v) is 7.21. The molecule has 0 unspecified atom stereocenters. The van der Waals surface area contributed by atoms with Crippen LogP contribution >= 0.6 is 0 Å². The molecule has 9 nitrogen and oxygen atoms in total. The maximum absolute atomic E-state index is 12.8. The molecule has 0 saturated heterocycles. The molecule has 0 aliphatic carbocycles. The van der Waals surface area contributed by atoms with Crippen molar-refractivity contribution in [2.75, 3.05) is 19.5 Å². The zero-order chi connectivity index (χ0) is 24.1. The Morgan fingerprint density at radius 1 is 0.941 bits per heavy atom. The topological polar surface area (TPSA) is 126 Å². The number of ether oxygens (including phenoxy) is 2. The number of carbonyl (C=O) groups is 1. The van der Waals surface area contributed by atoms with Gasteiger partial charge in [0.25, 0.3) is 5.91 Å². The summed E-state index contributed by atoms with van der Waals surface area (Å²) in [5, 5.41) is 23.9. The van der Waals surface area contributed by atoms with E-state index in [1.807, 2.05) is 6.07 Å². The summed E-state index contributed by atoms with van der Waals surface area (Å²) < 4.78 is 11.7. The zero-order valence-electron chi connectivity index (χ0n) is 18.6. The van der Waals surface area contributed by atoms with Gasteiger partial charge in [-0.25, -0.2) is 0 Å². The average Bonchev–Trinajstić information content (AvgIpc) is 2.88. The number of pyridine rings is 1. The number of benzene rings is 2. The van der Waals surface area contributed by atoms with Crippen molar-refractivity contribution >= 4 is 17.4 Å². The van der Waals surface area contributed by atoms with E-state index in [0.29, 0.717) is 34.0 Å². The lowest BCUT2D eigenvalue weighted by molar-refractivity contribution is 0.102. The Hall–Kier alpha value is -4.79. The first-order valence-corrected chi connectivity index (χ1v) is 10.3. The highest BCUT2D eigenvalue weighted by Gasteiger charge is 2.13. The second kappa shape index (κ2) is 9.78. The van der Waals surface area contributed by atoms with E-state index in [0.717, 1.165) is 5.56 Å². The van der Waals surface area contributed by atoms with Gasteiger partial charge in [0.15, 0.2) is 17.3 Å². The Kier molecular flexibility index (Phi) is 6.45. The van der Waals surface area contributed by atoms with Crippen molar-refractivity contribution in [3.63, 3.8) is 0 Å². The Bertz CT molecular complexity index is 1420. The van der Waals surface area contributed by atoms with Gasteiger partial charge in [0.05, 0.1) is 19.9 Å². The van der Waals surface area contributed by atoms with Gasteiger partial charge in [-0.2, -0.15) is 9.78 Å². The highest BCUT2D eigenvalue weighted by molar-refractivity contribution is 6.05. The Morgan fingerprint density at radius 3 is 2.50 bits per heavy atom. The van der Waals surface area contributed by atoms with Crippen molar-refractivity contribution in [3.8, 4) is 22.8 Å². The first-order chi connectivity index (χ1) is 16.5.